The van der Waals surface area contributed by atoms with Gasteiger partial charge < -0.3 is 15.4 Å². The van der Waals surface area contributed by atoms with Crippen molar-refractivity contribution < 1.29 is 9.53 Å². The van der Waals surface area contributed by atoms with Gasteiger partial charge in [-0.1, -0.05) is 22.0 Å². The Balaban J connectivity index is 2.05. The molecule has 1 aromatic carbocycles. The van der Waals surface area contributed by atoms with Gasteiger partial charge in [-0.15, -0.1) is 0 Å². The molecule has 2 N–H and O–H groups in total. The van der Waals surface area contributed by atoms with Gasteiger partial charge in [0.05, 0.1) is 13.0 Å². The van der Waals surface area contributed by atoms with Gasteiger partial charge in [0, 0.05) is 28.7 Å². The molecule has 1 saturated heterocycles. The molecule has 3 unspecified atom stereocenters. The van der Waals surface area contributed by atoms with E-state index in [0.717, 1.165) is 35.2 Å². The first-order chi connectivity index (χ1) is 9.20. The van der Waals surface area contributed by atoms with Crippen LogP contribution in [0, 0.1) is 5.92 Å². The Morgan fingerprint density at radius 3 is 3.11 bits per heavy atom. The van der Waals surface area contributed by atoms with Gasteiger partial charge in [-0.3, -0.25) is 4.79 Å². The number of methoxy groups -OCH3 is 1. The molecule has 3 atom stereocenters. The largest absolute Gasteiger partial charge is 0.469 e. The summed E-state index contributed by atoms with van der Waals surface area (Å²) in [5.74, 6) is -0.0502. The van der Waals surface area contributed by atoms with Gasteiger partial charge in [-0.05, 0) is 30.7 Å². The van der Waals surface area contributed by atoms with Crippen molar-refractivity contribution in [2.75, 3.05) is 25.5 Å². The Morgan fingerprint density at radius 2 is 2.32 bits per heavy atom. The van der Waals surface area contributed by atoms with Crippen LogP contribution in [0.1, 0.15) is 17.9 Å². The Kier molecular flexibility index (Phi) is 3.50. The topological polar surface area (TPSA) is 50.4 Å². The summed E-state index contributed by atoms with van der Waals surface area (Å²) in [5.41, 5.74) is 2.09. The van der Waals surface area contributed by atoms with E-state index in [1.54, 1.807) is 0 Å². The molecule has 1 fully saturated rings. The van der Waals surface area contributed by atoms with E-state index in [9.17, 15) is 4.79 Å². The summed E-state index contributed by atoms with van der Waals surface area (Å²) in [7, 11) is 1.47. The van der Waals surface area contributed by atoms with Crippen LogP contribution >= 0.6 is 15.9 Å². The number of carbonyl (C=O) groups excluding carboxylic acids is 1. The summed E-state index contributed by atoms with van der Waals surface area (Å²) in [6.07, 6.45) is 1.03. The van der Waals surface area contributed by atoms with E-state index in [1.165, 1.54) is 7.11 Å². The third-order valence-corrected chi connectivity index (χ3v) is 4.60. The number of ether oxygens (including phenoxy) is 1. The third-order valence-electron chi connectivity index (χ3n) is 4.10. The number of carbonyl (C=O) groups is 1. The number of fused-ring (bicyclic) bond motifs is 2. The van der Waals surface area contributed by atoms with Crippen molar-refractivity contribution in [3.63, 3.8) is 0 Å². The number of piperidine rings is 1. The first-order valence-corrected chi connectivity index (χ1v) is 7.34. The van der Waals surface area contributed by atoms with Gasteiger partial charge >= 0.3 is 5.97 Å². The molecule has 0 radical (unpaired) electrons. The molecule has 0 aliphatic carbocycles. The highest BCUT2D eigenvalue weighted by atomic mass is 79.9. The lowest BCUT2D eigenvalue weighted by Gasteiger charge is -2.42. The molecule has 2 heterocycles. The lowest BCUT2D eigenvalue weighted by molar-refractivity contribution is -0.144. The fraction of sp³-hybridized carbons (Fsp3) is 0.500. The van der Waals surface area contributed by atoms with Crippen molar-refractivity contribution in [2.24, 2.45) is 5.92 Å². The first kappa shape index (κ1) is 12.9. The molecular weight excluding hydrogens is 308 g/mol. The van der Waals surface area contributed by atoms with E-state index in [0.29, 0.717) is 6.04 Å². The van der Waals surface area contributed by atoms with E-state index in [-0.39, 0.29) is 17.8 Å². The number of anilines is 1. The van der Waals surface area contributed by atoms with Crippen molar-refractivity contribution in [2.45, 2.75) is 18.4 Å². The molecule has 0 spiro atoms. The molecule has 2 aliphatic rings. The highest BCUT2D eigenvalue weighted by Gasteiger charge is 2.42. The van der Waals surface area contributed by atoms with Crippen molar-refractivity contribution in [3.05, 3.63) is 28.2 Å². The van der Waals surface area contributed by atoms with Crippen molar-refractivity contribution in [1.29, 1.82) is 0 Å². The molecule has 0 aromatic heterocycles. The highest BCUT2D eigenvalue weighted by molar-refractivity contribution is 9.10. The lowest BCUT2D eigenvalue weighted by Crippen LogP contribution is -2.50. The van der Waals surface area contributed by atoms with Gasteiger partial charge in [0.15, 0.2) is 0 Å². The van der Waals surface area contributed by atoms with E-state index < -0.39 is 0 Å². The fourth-order valence-corrected chi connectivity index (χ4v) is 3.56. The predicted molar refractivity (Wildman–Crippen MR) is 77.3 cm³/mol. The maximum Gasteiger partial charge on any atom is 0.313 e. The summed E-state index contributed by atoms with van der Waals surface area (Å²) < 4.78 is 6.04. The number of esters is 1. The van der Waals surface area contributed by atoms with Crippen LogP contribution in [0.25, 0.3) is 0 Å². The minimum Gasteiger partial charge on any atom is -0.469 e. The Bertz CT molecular complexity index is 506. The first-order valence-electron chi connectivity index (χ1n) is 6.55. The van der Waals surface area contributed by atoms with E-state index >= 15 is 0 Å². The molecule has 4 nitrogen and oxygen atoms in total. The fourth-order valence-electron chi connectivity index (χ4n) is 3.20. The average Bonchev–Trinajstić information content (AvgIpc) is 2.43. The summed E-state index contributed by atoms with van der Waals surface area (Å²) in [5, 5.41) is 6.95. The van der Waals surface area contributed by atoms with Crippen LogP contribution in [-0.4, -0.2) is 32.2 Å². The normalized spacial score (nSPS) is 28.8. The van der Waals surface area contributed by atoms with Crippen molar-refractivity contribution in [1.82, 2.24) is 5.32 Å². The summed E-state index contributed by atoms with van der Waals surface area (Å²) in [6, 6.07) is 6.38. The highest BCUT2D eigenvalue weighted by Crippen LogP contribution is 2.41. The number of hydrogen-bond donors (Lipinski definition) is 2. The zero-order valence-electron chi connectivity index (χ0n) is 10.8. The molecule has 0 amide bonds. The minimum atomic E-state index is -0.174. The van der Waals surface area contributed by atoms with Gasteiger partial charge in [0.1, 0.15) is 0 Å². The number of nitrogens with one attached hydrogen (secondary N) is 2. The van der Waals surface area contributed by atoms with Crippen LogP contribution in [0.15, 0.2) is 22.7 Å². The molecule has 3 rings (SSSR count). The quantitative estimate of drug-likeness (QED) is 0.777. The minimum absolute atomic E-state index is 0.135. The van der Waals surface area contributed by atoms with Crippen LogP contribution < -0.4 is 10.6 Å². The molecule has 0 bridgehead atoms. The van der Waals surface area contributed by atoms with E-state index in [2.05, 4.69) is 26.6 Å². The zero-order valence-corrected chi connectivity index (χ0v) is 12.4. The second-order valence-corrected chi connectivity index (χ2v) is 6.06. The molecule has 2 aliphatic heterocycles. The molecule has 19 heavy (non-hydrogen) atoms. The molecule has 5 heteroatoms. The summed E-state index contributed by atoms with van der Waals surface area (Å²) in [6.45, 7) is 1.85. The van der Waals surface area contributed by atoms with Crippen LogP contribution in [-0.2, 0) is 9.53 Å². The second kappa shape index (κ2) is 5.13. The summed E-state index contributed by atoms with van der Waals surface area (Å²) in [4.78, 5) is 12.2. The van der Waals surface area contributed by atoms with Gasteiger partial charge in [0.25, 0.3) is 0 Å². The average molecular weight is 325 g/mol. The molecule has 0 saturated carbocycles. The Hall–Kier alpha value is -1.07. The number of halogens is 1. The van der Waals surface area contributed by atoms with Gasteiger partial charge in [-0.2, -0.15) is 0 Å². The number of benzene rings is 1. The van der Waals surface area contributed by atoms with Crippen LogP contribution in [0.2, 0.25) is 0 Å². The molecule has 1 aromatic rings. The van der Waals surface area contributed by atoms with E-state index in [4.69, 9.17) is 4.74 Å². The Morgan fingerprint density at radius 1 is 1.47 bits per heavy atom. The maximum absolute atomic E-state index is 12.2. The second-order valence-electron chi connectivity index (χ2n) is 5.14. The van der Waals surface area contributed by atoms with E-state index in [1.807, 2.05) is 18.2 Å². The monoisotopic (exact) mass is 324 g/mol. The smallest absolute Gasteiger partial charge is 0.313 e. The summed E-state index contributed by atoms with van der Waals surface area (Å²) >= 11 is 3.48. The zero-order chi connectivity index (χ0) is 13.4. The van der Waals surface area contributed by atoms with Crippen LogP contribution in [0.3, 0.4) is 0 Å². The van der Waals surface area contributed by atoms with Crippen LogP contribution in [0.4, 0.5) is 5.69 Å². The number of hydrogen-bond acceptors (Lipinski definition) is 4. The van der Waals surface area contributed by atoms with Gasteiger partial charge in [-0.25, -0.2) is 0 Å². The van der Waals surface area contributed by atoms with Crippen LogP contribution in [0.5, 0.6) is 0 Å². The SMILES string of the molecule is COC(=O)C1c2ccc(Br)cc2NC2CCNCC21. The van der Waals surface area contributed by atoms with Crippen molar-refractivity contribution in [3.8, 4) is 0 Å². The Labute approximate surface area is 121 Å². The van der Waals surface area contributed by atoms with Crippen molar-refractivity contribution >= 4 is 27.6 Å². The predicted octanol–water partition coefficient (Wildman–Crippen LogP) is 2.11. The van der Waals surface area contributed by atoms with Gasteiger partial charge in [0.2, 0.25) is 0 Å². The third kappa shape index (κ3) is 2.25. The molecule has 102 valence electrons. The standard InChI is InChI=1S/C14H17BrN2O2/c1-19-14(18)13-9-3-2-8(15)6-12(9)17-11-4-5-16-7-10(11)13/h2-3,6,10-11,13,16-17H,4-5,7H2,1H3. The molecular formula is C14H17BrN2O2. The number of rotatable bonds is 1. The lowest BCUT2D eigenvalue weighted by atomic mass is 9.75. The maximum atomic E-state index is 12.2.